The van der Waals surface area contributed by atoms with Crippen LogP contribution in [0.1, 0.15) is 5.56 Å². The Kier molecular flexibility index (Phi) is 6.63. The average molecular weight is 240 g/mol. The van der Waals surface area contributed by atoms with Gasteiger partial charge in [0.15, 0.2) is 0 Å². The molecule has 12 heavy (non-hydrogen) atoms. The summed E-state index contributed by atoms with van der Waals surface area (Å²) in [6.07, 6.45) is 0. The number of rotatable bonds is 3. The molecule has 0 aliphatic rings. The Hall–Kier alpha value is 0.0839. The third kappa shape index (κ3) is 3.66. The number of hydrogen-bond donors (Lipinski definition) is 1. The standard InChI is InChI=1S/C9H11O2.Y/c1-2-11-9-5-3-8(7-10)4-6-9;/h3-6,10H,1-2,7H2;/q-1;+3. The molecule has 0 aliphatic heterocycles. The van der Waals surface area contributed by atoms with Gasteiger partial charge in [0.25, 0.3) is 0 Å². The third-order valence-corrected chi connectivity index (χ3v) is 1.37. The fraction of sp³-hybridized carbons (Fsp3) is 0.222. The Labute approximate surface area is 97.8 Å². The zero-order valence-electron chi connectivity index (χ0n) is 6.86. The number of benzene rings is 1. The van der Waals surface area contributed by atoms with Crippen LogP contribution in [0.4, 0.5) is 0 Å². The summed E-state index contributed by atoms with van der Waals surface area (Å²) in [5.74, 6) is 0.789. The molecule has 0 radical (unpaired) electrons. The Balaban J connectivity index is 0.00000121. The molecular weight excluding hydrogens is 229 g/mol. The van der Waals surface area contributed by atoms with Crippen LogP contribution >= 0.6 is 0 Å². The van der Waals surface area contributed by atoms with Gasteiger partial charge in [0, 0.05) is 0 Å². The molecule has 1 aromatic rings. The number of aliphatic hydroxyl groups is 1. The van der Waals surface area contributed by atoms with E-state index < -0.39 is 0 Å². The van der Waals surface area contributed by atoms with Crippen LogP contribution in [0.2, 0.25) is 0 Å². The zero-order chi connectivity index (χ0) is 8.10. The van der Waals surface area contributed by atoms with E-state index in [-0.39, 0.29) is 39.3 Å². The van der Waals surface area contributed by atoms with E-state index in [2.05, 4.69) is 6.92 Å². The Morgan fingerprint density at radius 3 is 2.25 bits per heavy atom. The summed E-state index contributed by atoms with van der Waals surface area (Å²) in [5.41, 5.74) is 0.890. The Morgan fingerprint density at radius 1 is 1.25 bits per heavy atom. The first kappa shape index (κ1) is 12.1. The monoisotopic (exact) mass is 240 g/mol. The molecule has 0 unspecified atom stereocenters. The van der Waals surface area contributed by atoms with Crippen LogP contribution in [0.25, 0.3) is 0 Å². The van der Waals surface area contributed by atoms with Crippen molar-refractivity contribution in [3.8, 4) is 5.75 Å². The van der Waals surface area contributed by atoms with E-state index in [1.807, 2.05) is 24.3 Å². The van der Waals surface area contributed by atoms with Gasteiger partial charge in [-0.25, -0.2) is 0 Å². The van der Waals surface area contributed by atoms with Crippen molar-refractivity contribution in [1.29, 1.82) is 0 Å². The Morgan fingerprint density at radius 2 is 1.83 bits per heavy atom. The van der Waals surface area contributed by atoms with Crippen LogP contribution in [0.15, 0.2) is 24.3 Å². The molecule has 1 aromatic carbocycles. The van der Waals surface area contributed by atoms with Crippen molar-refractivity contribution >= 4 is 0 Å². The van der Waals surface area contributed by atoms with Gasteiger partial charge in [-0.2, -0.15) is 0 Å². The summed E-state index contributed by atoms with van der Waals surface area (Å²) in [6, 6.07) is 7.28. The minimum Gasteiger partial charge on any atom is -0.525 e. The number of aliphatic hydroxyl groups excluding tert-OH is 1. The smallest absolute Gasteiger partial charge is 0.525 e. The van der Waals surface area contributed by atoms with Crippen LogP contribution in [-0.2, 0) is 39.3 Å². The maximum Gasteiger partial charge on any atom is 3.00 e. The van der Waals surface area contributed by atoms with Crippen molar-refractivity contribution < 1.29 is 42.6 Å². The van der Waals surface area contributed by atoms with E-state index in [0.29, 0.717) is 6.61 Å². The van der Waals surface area contributed by atoms with E-state index in [9.17, 15) is 0 Å². The second kappa shape index (κ2) is 6.58. The fourth-order valence-electron chi connectivity index (χ4n) is 0.809. The summed E-state index contributed by atoms with van der Waals surface area (Å²) in [6.45, 7) is 4.06. The van der Waals surface area contributed by atoms with Crippen molar-refractivity contribution in [2.75, 3.05) is 6.61 Å². The summed E-state index contributed by atoms with van der Waals surface area (Å²) >= 11 is 0. The molecular formula is C9H11O2Y+2. The van der Waals surface area contributed by atoms with E-state index in [1.54, 1.807) is 0 Å². The van der Waals surface area contributed by atoms with Gasteiger partial charge in [-0.05, 0) is 24.3 Å². The predicted molar refractivity (Wildman–Crippen MR) is 43.2 cm³/mol. The van der Waals surface area contributed by atoms with Gasteiger partial charge in [-0.3, -0.25) is 0 Å². The maximum absolute atomic E-state index is 8.71. The van der Waals surface area contributed by atoms with Crippen molar-refractivity contribution in [3.05, 3.63) is 36.8 Å². The van der Waals surface area contributed by atoms with Gasteiger partial charge < -0.3 is 16.8 Å². The number of hydrogen-bond acceptors (Lipinski definition) is 2. The molecule has 1 rings (SSSR count). The third-order valence-electron chi connectivity index (χ3n) is 1.37. The molecule has 0 saturated heterocycles. The van der Waals surface area contributed by atoms with E-state index in [1.165, 1.54) is 0 Å². The molecule has 0 atom stereocenters. The molecule has 2 nitrogen and oxygen atoms in total. The topological polar surface area (TPSA) is 29.5 Å². The van der Waals surface area contributed by atoms with Gasteiger partial charge in [0.2, 0.25) is 0 Å². The number of ether oxygens (including phenoxy) is 1. The summed E-state index contributed by atoms with van der Waals surface area (Å²) in [5, 5.41) is 8.71. The molecule has 1 N–H and O–H groups in total. The van der Waals surface area contributed by atoms with Crippen molar-refractivity contribution in [2.24, 2.45) is 0 Å². The quantitative estimate of drug-likeness (QED) is 0.809. The van der Waals surface area contributed by atoms with Gasteiger partial charge in [0.1, 0.15) is 5.75 Å². The van der Waals surface area contributed by atoms with Crippen molar-refractivity contribution in [2.45, 2.75) is 6.61 Å². The second-order valence-corrected chi connectivity index (χ2v) is 2.15. The van der Waals surface area contributed by atoms with E-state index in [4.69, 9.17) is 9.84 Å². The minimum absolute atomic E-state index is 0. The zero-order valence-corrected chi connectivity index (χ0v) is 9.70. The van der Waals surface area contributed by atoms with Crippen LogP contribution in [-0.4, -0.2) is 11.7 Å². The predicted octanol–water partition coefficient (Wildman–Crippen LogP) is 1.39. The van der Waals surface area contributed by atoms with Crippen molar-refractivity contribution in [1.82, 2.24) is 0 Å². The molecule has 3 heteroatoms. The molecule has 0 bridgehead atoms. The summed E-state index contributed by atoms with van der Waals surface area (Å²) < 4.78 is 5.11. The molecule has 0 aliphatic carbocycles. The first-order valence-electron chi connectivity index (χ1n) is 3.48. The van der Waals surface area contributed by atoms with Gasteiger partial charge in [-0.1, -0.05) is 12.1 Å². The molecule has 0 heterocycles. The van der Waals surface area contributed by atoms with Crippen LogP contribution in [0, 0.1) is 6.92 Å². The molecule has 0 amide bonds. The molecule has 0 spiro atoms. The van der Waals surface area contributed by atoms with Gasteiger partial charge in [0.05, 0.1) is 6.61 Å². The van der Waals surface area contributed by atoms with Crippen molar-refractivity contribution in [3.63, 3.8) is 0 Å². The van der Waals surface area contributed by atoms with Crippen LogP contribution in [0.3, 0.4) is 0 Å². The first-order valence-corrected chi connectivity index (χ1v) is 3.48. The summed E-state index contributed by atoms with van der Waals surface area (Å²) in [4.78, 5) is 0. The normalized spacial score (nSPS) is 8.83. The molecule has 60 valence electrons. The molecule has 0 aromatic heterocycles. The maximum atomic E-state index is 8.71. The average Bonchev–Trinajstić information content (AvgIpc) is 2.07. The van der Waals surface area contributed by atoms with Crippen LogP contribution in [0.5, 0.6) is 5.75 Å². The molecule has 0 saturated carbocycles. The van der Waals surface area contributed by atoms with E-state index >= 15 is 0 Å². The van der Waals surface area contributed by atoms with E-state index in [0.717, 1.165) is 11.3 Å². The van der Waals surface area contributed by atoms with Crippen LogP contribution < -0.4 is 4.74 Å². The van der Waals surface area contributed by atoms with Gasteiger partial charge in [-0.15, -0.1) is 0 Å². The summed E-state index contributed by atoms with van der Waals surface area (Å²) in [7, 11) is 0. The fourth-order valence-corrected chi connectivity index (χ4v) is 0.809. The first-order chi connectivity index (χ1) is 5.36. The Bertz CT molecular complexity index is 208. The SMILES string of the molecule is [CH2-]COc1ccc(CO)cc1.[Y+3]. The van der Waals surface area contributed by atoms with Gasteiger partial charge >= 0.3 is 32.7 Å². The minimum atomic E-state index is 0. The second-order valence-electron chi connectivity index (χ2n) is 2.15. The molecule has 0 fully saturated rings. The largest absolute Gasteiger partial charge is 3.00 e.